The molecule has 0 aromatic carbocycles. The number of hydrogen-bond donors (Lipinski definition) is 2. The summed E-state index contributed by atoms with van der Waals surface area (Å²) in [6.07, 6.45) is 4.58. The number of carbonyl (C=O) groups is 2. The van der Waals surface area contributed by atoms with Crippen molar-refractivity contribution in [3.63, 3.8) is 0 Å². The van der Waals surface area contributed by atoms with E-state index in [1.807, 2.05) is 0 Å². The van der Waals surface area contributed by atoms with Crippen molar-refractivity contribution in [2.24, 2.45) is 0 Å². The third-order valence-corrected chi connectivity index (χ3v) is 3.98. The van der Waals surface area contributed by atoms with Gasteiger partial charge in [-0.05, 0) is 25.8 Å². The van der Waals surface area contributed by atoms with Crippen LogP contribution in [-0.4, -0.2) is 27.5 Å². The van der Waals surface area contributed by atoms with Crippen LogP contribution in [-0.2, 0) is 4.79 Å². The summed E-state index contributed by atoms with van der Waals surface area (Å²) >= 11 is 6.04. The Morgan fingerprint density at radius 3 is 2.65 bits per heavy atom. The number of carboxylic acid groups (broad SMARTS) is 1. The van der Waals surface area contributed by atoms with Crippen LogP contribution < -0.4 is 5.32 Å². The smallest absolute Gasteiger partial charge is 0.305 e. The van der Waals surface area contributed by atoms with Gasteiger partial charge >= 0.3 is 5.97 Å². The zero-order valence-corrected chi connectivity index (χ0v) is 12.0. The number of aliphatic carboxylic acids is 1. The third-order valence-electron chi connectivity index (χ3n) is 3.66. The number of aromatic nitrogens is 1. The van der Waals surface area contributed by atoms with Crippen molar-refractivity contribution < 1.29 is 14.7 Å². The molecule has 0 bridgehead atoms. The van der Waals surface area contributed by atoms with Crippen LogP contribution in [0.25, 0.3) is 0 Å². The number of pyridine rings is 1. The predicted molar refractivity (Wildman–Crippen MR) is 74.9 cm³/mol. The summed E-state index contributed by atoms with van der Waals surface area (Å²) in [5, 5.41) is 12.2. The fraction of sp³-hybridized carbons (Fsp3) is 0.500. The van der Waals surface area contributed by atoms with Crippen LogP contribution in [0, 0.1) is 6.92 Å². The van der Waals surface area contributed by atoms with E-state index in [4.69, 9.17) is 16.7 Å². The molecule has 1 amide bonds. The lowest BCUT2D eigenvalue weighted by Gasteiger charge is -2.28. The van der Waals surface area contributed by atoms with E-state index in [1.165, 1.54) is 6.20 Å². The topological polar surface area (TPSA) is 79.3 Å². The first-order valence-electron chi connectivity index (χ1n) is 6.58. The molecule has 2 N–H and O–H groups in total. The van der Waals surface area contributed by atoms with Gasteiger partial charge in [0.2, 0.25) is 0 Å². The summed E-state index contributed by atoms with van der Waals surface area (Å²) in [4.78, 5) is 27.3. The zero-order valence-electron chi connectivity index (χ0n) is 11.3. The standard InChI is InChI=1S/C14H17ClN2O3/c1-9-6-11(15)10(8-16-9)13(20)17-14(7-12(18)19)4-2-3-5-14/h6,8H,2-5,7H2,1H3,(H,17,20)(H,18,19). The highest BCUT2D eigenvalue weighted by atomic mass is 35.5. The van der Waals surface area contributed by atoms with E-state index in [1.54, 1.807) is 13.0 Å². The second kappa shape index (κ2) is 5.79. The molecular weight excluding hydrogens is 280 g/mol. The molecule has 0 saturated heterocycles. The summed E-state index contributed by atoms with van der Waals surface area (Å²) in [5.74, 6) is -1.26. The Morgan fingerprint density at radius 1 is 1.45 bits per heavy atom. The first kappa shape index (κ1) is 14.8. The molecule has 6 heteroatoms. The molecule has 0 aliphatic heterocycles. The SMILES string of the molecule is Cc1cc(Cl)c(C(=O)NC2(CC(=O)O)CCCC2)cn1. The van der Waals surface area contributed by atoms with Crippen LogP contribution in [0.5, 0.6) is 0 Å². The normalized spacial score (nSPS) is 16.9. The van der Waals surface area contributed by atoms with Crippen molar-refractivity contribution in [1.82, 2.24) is 10.3 Å². The molecule has 5 nitrogen and oxygen atoms in total. The fourth-order valence-electron chi connectivity index (χ4n) is 2.69. The highest BCUT2D eigenvalue weighted by molar-refractivity contribution is 6.33. The van der Waals surface area contributed by atoms with Crippen molar-refractivity contribution in [1.29, 1.82) is 0 Å². The minimum Gasteiger partial charge on any atom is -0.481 e. The van der Waals surface area contributed by atoms with Crippen molar-refractivity contribution >= 4 is 23.5 Å². The van der Waals surface area contributed by atoms with Gasteiger partial charge in [-0.2, -0.15) is 0 Å². The van der Waals surface area contributed by atoms with E-state index in [9.17, 15) is 9.59 Å². The number of hydrogen-bond acceptors (Lipinski definition) is 3. The van der Waals surface area contributed by atoms with Crippen LogP contribution in [0.4, 0.5) is 0 Å². The lowest BCUT2D eigenvalue weighted by molar-refractivity contribution is -0.138. The van der Waals surface area contributed by atoms with Crippen LogP contribution in [0.15, 0.2) is 12.3 Å². The van der Waals surface area contributed by atoms with E-state index < -0.39 is 11.5 Å². The van der Waals surface area contributed by atoms with E-state index >= 15 is 0 Å². The Labute approximate surface area is 122 Å². The highest BCUT2D eigenvalue weighted by Crippen LogP contribution is 2.33. The first-order chi connectivity index (χ1) is 9.42. The number of nitrogens with one attached hydrogen (secondary N) is 1. The van der Waals surface area contributed by atoms with Crippen LogP contribution >= 0.6 is 11.6 Å². The summed E-state index contributed by atoms with van der Waals surface area (Å²) in [5.41, 5.74) is 0.360. The Balaban J connectivity index is 2.18. The monoisotopic (exact) mass is 296 g/mol. The van der Waals surface area contributed by atoms with Gasteiger partial charge in [-0.3, -0.25) is 14.6 Å². The molecule has 108 valence electrons. The van der Waals surface area contributed by atoms with E-state index in [2.05, 4.69) is 10.3 Å². The zero-order chi connectivity index (χ0) is 14.8. The maximum Gasteiger partial charge on any atom is 0.305 e. The summed E-state index contributed by atoms with van der Waals surface area (Å²) in [7, 11) is 0. The molecule has 0 unspecified atom stereocenters. The second-order valence-corrected chi connectivity index (χ2v) is 5.72. The number of aryl methyl sites for hydroxylation is 1. The van der Waals surface area contributed by atoms with Gasteiger partial charge in [0.15, 0.2) is 0 Å². The lowest BCUT2D eigenvalue weighted by Crippen LogP contribution is -2.47. The number of carbonyl (C=O) groups excluding carboxylic acids is 1. The van der Waals surface area contributed by atoms with Crippen molar-refractivity contribution in [3.8, 4) is 0 Å². The van der Waals surface area contributed by atoms with E-state index in [0.717, 1.165) is 18.5 Å². The van der Waals surface area contributed by atoms with Gasteiger partial charge in [-0.25, -0.2) is 0 Å². The molecule has 1 saturated carbocycles. The summed E-state index contributed by atoms with van der Waals surface area (Å²) < 4.78 is 0. The molecule has 20 heavy (non-hydrogen) atoms. The molecule has 0 spiro atoms. The van der Waals surface area contributed by atoms with E-state index in [0.29, 0.717) is 17.9 Å². The predicted octanol–water partition coefficient (Wildman–Crippen LogP) is 2.56. The maximum absolute atomic E-state index is 12.3. The van der Waals surface area contributed by atoms with Gasteiger partial charge in [-0.15, -0.1) is 0 Å². The molecule has 1 aromatic rings. The lowest BCUT2D eigenvalue weighted by atomic mass is 9.93. The summed E-state index contributed by atoms with van der Waals surface area (Å²) in [6.45, 7) is 1.79. The van der Waals surface area contributed by atoms with Crippen LogP contribution in [0.2, 0.25) is 5.02 Å². The van der Waals surface area contributed by atoms with Gasteiger partial charge in [0.05, 0.1) is 22.5 Å². The highest BCUT2D eigenvalue weighted by Gasteiger charge is 2.37. The molecular formula is C14H17ClN2O3. The quantitative estimate of drug-likeness (QED) is 0.895. The largest absolute Gasteiger partial charge is 0.481 e. The molecule has 1 heterocycles. The molecule has 1 fully saturated rings. The summed E-state index contributed by atoms with van der Waals surface area (Å²) in [6, 6.07) is 1.62. The number of halogens is 1. The van der Waals surface area contributed by atoms with Crippen LogP contribution in [0.1, 0.15) is 48.2 Å². The third kappa shape index (κ3) is 3.28. The number of carboxylic acids is 1. The molecule has 2 rings (SSSR count). The van der Waals surface area contributed by atoms with Crippen molar-refractivity contribution in [2.75, 3.05) is 0 Å². The number of rotatable bonds is 4. The molecule has 1 aliphatic carbocycles. The Morgan fingerprint density at radius 2 is 2.10 bits per heavy atom. The molecule has 1 aromatic heterocycles. The molecule has 0 radical (unpaired) electrons. The Hall–Kier alpha value is -1.62. The minimum absolute atomic E-state index is 0.0599. The van der Waals surface area contributed by atoms with Gasteiger partial charge < -0.3 is 10.4 Å². The fourth-order valence-corrected chi connectivity index (χ4v) is 2.98. The van der Waals surface area contributed by atoms with Gasteiger partial charge in [0.25, 0.3) is 5.91 Å². The van der Waals surface area contributed by atoms with Crippen molar-refractivity contribution in [3.05, 3.63) is 28.5 Å². The van der Waals surface area contributed by atoms with Crippen molar-refractivity contribution in [2.45, 2.75) is 44.6 Å². The minimum atomic E-state index is -0.902. The first-order valence-corrected chi connectivity index (χ1v) is 6.96. The maximum atomic E-state index is 12.3. The molecule has 0 atom stereocenters. The number of nitrogens with zero attached hydrogens (tertiary/aromatic N) is 1. The van der Waals surface area contributed by atoms with Gasteiger partial charge in [0, 0.05) is 11.9 Å². The average molecular weight is 297 g/mol. The average Bonchev–Trinajstić information content (AvgIpc) is 2.75. The van der Waals surface area contributed by atoms with E-state index in [-0.39, 0.29) is 17.9 Å². The van der Waals surface area contributed by atoms with Gasteiger partial charge in [0.1, 0.15) is 0 Å². The van der Waals surface area contributed by atoms with Gasteiger partial charge in [-0.1, -0.05) is 24.4 Å². The second-order valence-electron chi connectivity index (χ2n) is 5.32. The molecule has 1 aliphatic rings. The van der Waals surface area contributed by atoms with Crippen LogP contribution in [0.3, 0.4) is 0 Å². The Kier molecular flexibility index (Phi) is 4.28. The number of amides is 1. The Bertz CT molecular complexity index is 539.